The second-order valence-corrected chi connectivity index (χ2v) is 3.30. The SMILES string of the molecule is CCc1nc(NC)n2c(=O)[nH]nc2c1C. The topological polar surface area (TPSA) is 75.1 Å². The molecule has 0 unspecified atom stereocenters. The van der Waals surface area contributed by atoms with Crippen molar-refractivity contribution in [2.75, 3.05) is 12.4 Å². The van der Waals surface area contributed by atoms with Gasteiger partial charge in [-0.15, -0.1) is 0 Å². The summed E-state index contributed by atoms with van der Waals surface area (Å²) in [6.07, 6.45) is 0.818. The Kier molecular flexibility index (Phi) is 2.18. The Morgan fingerprint density at radius 1 is 1.53 bits per heavy atom. The van der Waals surface area contributed by atoms with Crippen LogP contribution >= 0.6 is 0 Å². The summed E-state index contributed by atoms with van der Waals surface area (Å²) in [6.45, 7) is 3.94. The Bertz CT molecular complexity index is 553. The van der Waals surface area contributed by atoms with Gasteiger partial charge in [0.2, 0.25) is 5.95 Å². The molecule has 0 fully saturated rings. The number of fused-ring (bicyclic) bond motifs is 1. The van der Waals surface area contributed by atoms with E-state index in [2.05, 4.69) is 20.5 Å². The largest absolute Gasteiger partial charge is 0.358 e. The molecule has 2 aromatic rings. The Balaban J connectivity index is 2.92. The molecule has 2 rings (SSSR count). The smallest absolute Gasteiger partial charge is 0.350 e. The Morgan fingerprint density at radius 3 is 2.87 bits per heavy atom. The van der Waals surface area contributed by atoms with E-state index in [9.17, 15) is 4.79 Å². The quantitative estimate of drug-likeness (QED) is 0.744. The number of anilines is 1. The van der Waals surface area contributed by atoms with E-state index in [1.54, 1.807) is 7.05 Å². The molecule has 0 aliphatic carbocycles. The fourth-order valence-electron chi connectivity index (χ4n) is 1.65. The lowest BCUT2D eigenvalue weighted by atomic mass is 10.2. The maximum absolute atomic E-state index is 11.5. The molecule has 6 nitrogen and oxygen atoms in total. The van der Waals surface area contributed by atoms with Crippen LogP contribution in [0.15, 0.2) is 4.79 Å². The first-order chi connectivity index (χ1) is 7.19. The van der Waals surface area contributed by atoms with Crippen LogP contribution < -0.4 is 11.0 Å². The van der Waals surface area contributed by atoms with E-state index in [0.29, 0.717) is 11.6 Å². The van der Waals surface area contributed by atoms with Crippen LogP contribution in [0.2, 0.25) is 0 Å². The number of aromatic nitrogens is 4. The van der Waals surface area contributed by atoms with Crippen molar-refractivity contribution in [2.45, 2.75) is 20.3 Å². The monoisotopic (exact) mass is 207 g/mol. The number of hydrogen-bond acceptors (Lipinski definition) is 4. The van der Waals surface area contributed by atoms with E-state index in [1.165, 1.54) is 4.40 Å². The van der Waals surface area contributed by atoms with Gasteiger partial charge in [0.15, 0.2) is 5.65 Å². The van der Waals surface area contributed by atoms with E-state index >= 15 is 0 Å². The summed E-state index contributed by atoms with van der Waals surface area (Å²) < 4.78 is 1.44. The molecule has 0 saturated heterocycles. The van der Waals surface area contributed by atoms with Crippen LogP contribution in [0.1, 0.15) is 18.2 Å². The second-order valence-electron chi connectivity index (χ2n) is 3.30. The molecule has 15 heavy (non-hydrogen) atoms. The molecule has 0 aliphatic rings. The van der Waals surface area contributed by atoms with Crippen molar-refractivity contribution in [1.82, 2.24) is 19.6 Å². The molecule has 6 heteroatoms. The zero-order valence-corrected chi connectivity index (χ0v) is 8.96. The van der Waals surface area contributed by atoms with Crippen LogP contribution in [0.3, 0.4) is 0 Å². The molecular weight excluding hydrogens is 194 g/mol. The van der Waals surface area contributed by atoms with Gasteiger partial charge in [0.25, 0.3) is 0 Å². The third-order valence-corrected chi connectivity index (χ3v) is 2.45. The van der Waals surface area contributed by atoms with Gasteiger partial charge >= 0.3 is 5.69 Å². The highest BCUT2D eigenvalue weighted by Crippen LogP contribution is 2.14. The van der Waals surface area contributed by atoms with Crippen LogP contribution in [0.4, 0.5) is 5.95 Å². The van der Waals surface area contributed by atoms with Crippen LogP contribution in [0, 0.1) is 6.92 Å². The highest BCUT2D eigenvalue weighted by Gasteiger charge is 2.12. The van der Waals surface area contributed by atoms with Crippen molar-refractivity contribution in [3.8, 4) is 0 Å². The van der Waals surface area contributed by atoms with Crippen molar-refractivity contribution in [2.24, 2.45) is 0 Å². The summed E-state index contributed by atoms with van der Waals surface area (Å²) in [7, 11) is 1.73. The van der Waals surface area contributed by atoms with Gasteiger partial charge in [0.05, 0.1) is 5.69 Å². The van der Waals surface area contributed by atoms with Gasteiger partial charge in [0, 0.05) is 12.6 Å². The van der Waals surface area contributed by atoms with Gasteiger partial charge in [-0.25, -0.2) is 19.3 Å². The van der Waals surface area contributed by atoms with Crippen molar-refractivity contribution in [1.29, 1.82) is 0 Å². The van der Waals surface area contributed by atoms with E-state index in [1.807, 2.05) is 13.8 Å². The van der Waals surface area contributed by atoms with E-state index in [-0.39, 0.29) is 5.69 Å². The molecule has 0 amide bonds. The minimum absolute atomic E-state index is 0.271. The van der Waals surface area contributed by atoms with E-state index < -0.39 is 0 Å². The highest BCUT2D eigenvalue weighted by molar-refractivity contribution is 5.53. The van der Waals surface area contributed by atoms with Gasteiger partial charge in [0.1, 0.15) is 0 Å². The lowest BCUT2D eigenvalue weighted by Gasteiger charge is -2.07. The lowest BCUT2D eigenvalue weighted by molar-refractivity contribution is 0.939. The average Bonchev–Trinajstić information content (AvgIpc) is 2.63. The Hall–Kier alpha value is -1.85. The Labute approximate surface area is 86.3 Å². The molecule has 0 radical (unpaired) electrons. The zero-order chi connectivity index (χ0) is 11.0. The van der Waals surface area contributed by atoms with E-state index in [0.717, 1.165) is 17.7 Å². The number of aryl methyl sites for hydroxylation is 2. The molecule has 0 aromatic carbocycles. The summed E-state index contributed by atoms with van der Waals surface area (Å²) in [5.74, 6) is 0.520. The first-order valence-electron chi connectivity index (χ1n) is 4.83. The fourth-order valence-corrected chi connectivity index (χ4v) is 1.65. The summed E-state index contributed by atoms with van der Waals surface area (Å²) in [4.78, 5) is 15.8. The number of aromatic amines is 1. The molecule has 0 atom stereocenters. The molecule has 0 saturated carbocycles. The minimum Gasteiger partial charge on any atom is -0.358 e. The first-order valence-corrected chi connectivity index (χ1v) is 4.83. The van der Waals surface area contributed by atoms with Crippen LogP contribution in [-0.2, 0) is 6.42 Å². The average molecular weight is 207 g/mol. The summed E-state index contributed by atoms with van der Waals surface area (Å²) >= 11 is 0. The van der Waals surface area contributed by atoms with Gasteiger partial charge in [-0.3, -0.25) is 0 Å². The minimum atomic E-state index is -0.271. The van der Waals surface area contributed by atoms with Crippen molar-refractivity contribution >= 4 is 11.6 Å². The third-order valence-electron chi connectivity index (χ3n) is 2.45. The standard InChI is InChI=1S/C9H13N5O/c1-4-6-5(2)7-12-13-9(15)14(7)8(10-3)11-6/h4H2,1-3H3,(H,10,11)(H,13,15). The van der Waals surface area contributed by atoms with Gasteiger partial charge in [-0.2, -0.15) is 5.10 Å². The summed E-state index contributed by atoms with van der Waals surface area (Å²) in [5.41, 5.74) is 2.25. The van der Waals surface area contributed by atoms with Gasteiger partial charge < -0.3 is 5.32 Å². The molecule has 80 valence electrons. The number of nitrogens with zero attached hydrogens (tertiary/aromatic N) is 3. The van der Waals surface area contributed by atoms with Gasteiger partial charge in [-0.1, -0.05) is 6.92 Å². The predicted molar refractivity (Wildman–Crippen MR) is 57.3 cm³/mol. The molecule has 0 spiro atoms. The summed E-state index contributed by atoms with van der Waals surface area (Å²) in [6, 6.07) is 0. The molecule has 2 aromatic heterocycles. The van der Waals surface area contributed by atoms with Crippen LogP contribution in [0.5, 0.6) is 0 Å². The molecule has 0 aliphatic heterocycles. The first kappa shape index (κ1) is 9.70. The predicted octanol–water partition coefficient (Wildman–Crippen LogP) is 0.330. The van der Waals surface area contributed by atoms with E-state index in [4.69, 9.17) is 0 Å². The van der Waals surface area contributed by atoms with Crippen molar-refractivity contribution in [3.05, 3.63) is 21.7 Å². The van der Waals surface area contributed by atoms with Crippen LogP contribution in [0.25, 0.3) is 5.65 Å². The maximum Gasteiger partial charge on any atom is 0.350 e. The number of H-pyrrole nitrogens is 1. The highest BCUT2D eigenvalue weighted by atomic mass is 16.1. The fraction of sp³-hybridized carbons (Fsp3) is 0.444. The molecule has 2 N–H and O–H groups in total. The van der Waals surface area contributed by atoms with Crippen molar-refractivity contribution in [3.63, 3.8) is 0 Å². The zero-order valence-electron chi connectivity index (χ0n) is 8.96. The lowest BCUT2D eigenvalue weighted by Crippen LogP contribution is -2.16. The molecular formula is C9H13N5O. The number of rotatable bonds is 2. The molecule has 2 heterocycles. The normalized spacial score (nSPS) is 10.9. The number of hydrogen-bond donors (Lipinski definition) is 2. The maximum atomic E-state index is 11.5. The van der Waals surface area contributed by atoms with Gasteiger partial charge in [-0.05, 0) is 13.3 Å². The van der Waals surface area contributed by atoms with Crippen LogP contribution in [-0.4, -0.2) is 26.6 Å². The van der Waals surface area contributed by atoms with Crippen molar-refractivity contribution < 1.29 is 0 Å². The third kappa shape index (κ3) is 1.29. The Morgan fingerprint density at radius 2 is 2.27 bits per heavy atom. The summed E-state index contributed by atoms with van der Waals surface area (Å²) in [5, 5.41) is 9.29. The molecule has 0 bridgehead atoms. The second kappa shape index (κ2) is 3.38. The number of nitrogens with one attached hydrogen (secondary N) is 2.